The van der Waals surface area contributed by atoms with E-state index in [0.29, 0.717) is 18.7 Å². The van der Waals surface area contributed by atoms with E-state index in [1.165, 1.54) is 29.8 Å². The average Bonchev–Trinajstić information content (AvgIpc) is 3.29. The minimum atomic E-state index is -0.368. The fraction of sp³-hybridized carbons (Fsp3) is 0.280. The summed E-state index contributed by atoms with van der Waals surface area (Å²) in [6, 6.07) is 16.0. The fourth-order valence-electron chi connectivity index (χ4n) is 4.23. The SMILES string of the molecule is O=C(NCCn1ncc2c(N3CCN(Cc4ccccc4)CC3)ncnc21)c1ccc(F)cc1. The van der Waals surface area contributed by atoms with Crippen molar-refractivity contribution in [3.05, 3.63) is 84.1 Å². The molecule has 8 nitrogen and oxygen atoms in total. The highest BCUT2D eigenvalue weighted by Gasteiger charge is 2.21. The zero-order valence-electron chi connectivity index (χ0n) is 18.8. The lowest BCUT2D eigenvalue weighted by molar-refractivity contribution is 0.0952. The summed E-state index contributed by atoms with van der Waals surface area (Å²) in [5, 5.41) is 8.23. The third-order valence-electron chi connectivity index (χ3n) is 6.05. The van der Waals surface area contributed by atoms with Crippen LogP contribution in [0.4, 0.5) is 10.2 Å². The van der Waals surface area contributed by atoms with Gasteiger partial charge in [-0.25, -0.2) is 19.0 Å². The van der Waals surface area contributed by atoms with Crippen molar-refractivity contribution in [3.8, 4) is 0 Å². The van der Waals surface area contributed by atoms with Crippen LogP contribution in [0.25, 0.3) is 11.0 Å². The molecule has 0 bridgehead atoms. The van der Waals surface area contributed by atoms with Gasteiger partial charge in [0, 0.05) is 44.8 Å². The molecule has 34 heavy (non-hydrogen) atoms. The van der Waals surface area contributed by atoms with E-state index < -0.39 is 0 Å². The van der Waals surface area contributed by atoms with Gasteiger partial charge in [0.25, 0.3) is 5.91 Å². The van der Waals surface area contributed by atoms with Crippen LogP contribution < -0.4 is 10.2 Å². The number of hydrogen-bond acceptors (Lipinski definition) is 6. The summed E-state index contributed by atoms with van der Waals surface area (Å²) in [5.41, 5.74) is 2.49. The predicted molar refractivity (Wildman–Crippen MR) is 128 cm³/mol. The molecule has 1 fully saturated rings. The van der Waals surface area contributed by atoms with Gasteiger partial charge in [0.05, 0.1) is 18.1 Å². The van der Waals surface area contributed by atoms with Crippen LogP contribution in [0, 0.1) is 5.82 Å². The lowest BCUT2D eigenvalue weighted by atomic mass is 10.2. The van der Waals surface area contributed by atoms with Crippen molar-refractivity contribution < 1.29 is 9.18 Å². The van der Waals surface area contributed by atoms with Crippen molar-refractivity contribution >= 4 is 22.8 Å². The number of benzene rings is 2. The highest BCUT2D eigenvalue weighted by atomic mass is 19.1. The average molecular weight is 460 g/mol. The molecular formula is C25H26FN7O. The highest BCUT2D eigenvalue weighted by Crippen LogP contribution is 2.24. The number of carbonyl (C=O) groups excluding carboxylic acids is 1. The van der Waals surface area contributed by atoms with Gasteiger partial charge >= 0.3 is 0 Å². The smallest absolute Gasteiger partial charge is 0.251 e. The van der Waals surface area contributed by atoms with E-state index in [9.17, 15) is 9.18 Å². The van der Waals surface area contributed by atoms with Gasteiger partial charge in [0.2, 0.25) is 0 Å². The van der Waals surface area contributed by atoms with Crippen molar-refractivity contribution in [1.82, 2.24) is 30.0 Å². The molecule has 1 aliphatic rings. The Kier molecular flexibility index (Phi) is 6.44. The zero-order chi connectivity index (χ0) is 23.3. The summed E-state index contributed by atoms with van der Waals surface area (Å²) in [7, 11) is 0. The van der Waals surface area contributed by atoms with Crippen LogP contribution in [0.15, 0.2) is 67.1 Å². The molecule has 0 radical (unpaired) electrons. The summed E-state index contributed by atoms with van der Waals surface area (Å²) in [5.74, 6) is 0.277. The molecular weight excluding hydrogens is 433 g/mol. The second kappa shape index (κ2) is 9.96. The largest absolute Gasteiger partial charge is 0.353 e. The van der Waals surface area contributed by atoms with Gasteiger partial charge in [-0.1, -0.05) is 30.3 Å². The van der Waals surface area contributed by atoms with Crippen LogP contribution in [0.3, 0.4) is 0 Å². The molecule has 5 rings (SSSR count). The Balaban J connectivity index is 1.20. The zero-order valence-corrected chi connectivity index (χ0v) is 18.8. The number of hydrogen-bond donors (Lipinski definition) is 1. The first-order valence-electron chi connectivity index (χ1n) is 11.4. The minimum Gasteiger partial charge on any atom is -0.353 e. The van der Waals surface area contributed by atoms with Crippen LogP contribution in [0.5, 0.6) is 0 Å². The van der Waals surface area contributed by atoms with E-state index in [0.717, 1.165) is 49.6 Å². The molecule has 0 saturated carbocycles. The third kappa shape index (κ3) is 4.89. The van der Waals surface area contributed by atoms with E-state index in [1.807, 2.05) is 6.07 Å². The number of fused-ring (bicyclic) bond motifs is 1. The molecule has 9 heteroatoms. The lowest BCUT2D eigenvalue weighted by Gasteiger charge is -2.35. The Labute approximate surface area is 197 Å². The fourth-order valence-corrected chi connectivity index (χ4v) is 4.23. The van der Waals surface area contributed by atoms with Gasteiger partial charge in [-0.05, 0) is 29.8 Å². The monoisotopic (exact) mass is 459 g/mol. The summed E-state index contributed by atoms with van der Waals surface area (Å²) in [6.45, 7) is 5.50. The molecule has 1 amide bonds. The third-order valence-corrected chi connectivity index (χ3v) is 6.05. The molecule has 174 valence electrons. The summed E-state index contributed by atoms with van der Waals surface area (Å²) in [4.78, 5) is 26.0. The van der Waals surface area contributed by atoms with Crippen molar-refractivity contribution in [2.24, 2.45) is 0 Å². The van der Waals surface area contributed by atoms with Crippen molar-refractivity contribution in [3.63, 3.8) is 0 Å². The van der Waals surface area contributed by atoms with Crippen molar-refractivity contribution in [1.29, 1.82) is 0 Å². The van der Waals surface area contributed by atoms with Gasteiger partial charge in [0.1, 0.15) is 18.0 Å². The number of carbonyl (C=O) groups is 1. The van der Waals surface area contributed by atoms with Gasteiger partial charge < -0.3 is 10.2 Å². The summed E-state index contributed by atoms with van der Waals surface area (Å²) in [6.07, 6.45) is 3.37. The molecule has 4 aromatic rings. The van der Waals surface area contributed by atoms with Crippen LogP contribution >= 0.6 is 0 Å². The van der Waals surface area contributed by atoms with Crippen molar-refractivity contribution in [2.75, 3.05) is 37.6 Å². The second-order valence-corrected chi connectivity index (χ2v) is 8.31. The quantitative estimate of drug-likeness (QED) is 0.458. The molecule has 0 aliphatic carbocycles. The first-order valence-corrected chi connectivity index (χ1v) is 11.4. The number of amides is 1. The van der Waals surface area contributed by atoms with Gasteiger partial charge in [-0.15, -0.1) is 0 Å². The lowest BCUT2D eigenvalue weighted by Crippen LogP contribution is -2.46. The number of halogens is 1. The number of rotatable bonds is 7. The van der Waals surface area contributed by atoms with E-state index >= 15 is 0 Å². The molecule has 1 aliphatic heterocycles. The maximum atomic E-state index is 13.1. The number of anilines is 1. The van der Waals surface area contributed by atoms with Gasteiger partial charge in [0.15, 0.2) is 5.65 Å². The van der Waals surface area contributed by atoms with Crippen LogP contribution in [-0.4, -0.2) is 63.3 Å². The molecule has 1 N–H and O–H groups in total. The molecule has 0 unspecified atom stereocenters. The molecule has 2 aromatic carbocycles. The number of aromatic nitrogens is 4. The van der Waals surface area contributed by atoms with Crippen molar-refractivity contribution in [2.45, 2.75) is 13.1 Å². The topological polar surface area (TPSA) is 79.2 Å². The maximum absolute atomic E-state index is 13.1. The molecule has 2 aromatic heterocycles. The second-order valence-electron chi connectivity index (χ2n) is 8.31. The molecule has 0 spiro atoms. The van der Waals surface area contributed by atoms with E-state index in [4.69, 9.17) is 0 Å². The first-order chi connectivity index (χ1) is 16.7. The standard InChI is InChI=1S/C25H26FN7O/c26-21-8-6-20(7-9-21)25(34)27-10-11-33-24-22(16-30-33)23(28-18-29-24)32-14-12-31(13-15-32)17-19-4-2-1-3-5-19/h1-9,16,18H,10-15,17H2,(H,27,34). The summed E-state index contributed by atoms with van der Waals surface area (Å²) < 4.78 is 14.8. The van der Waals surface area contributed by atoms with Crippen LogP contribution in [-0.2, 0) is 13.1 Å². The molecule has 3 heterocycles. The van der Waals surface area contributed by atoms with E-state index in [1.54, 1.807) is 17.2 Å². The van der Waals surface area contributed by atoms with E-state index in [2.05, 4.69) is 54.4 Å². The Hall–Kier alpha value is -3.85. The van der Waals surface area contributed by atoms with Gasteiger partial charge in [-0.3, -0.25) is 9.69 Å². The number of piperazine rings is 1. The first kappa shape index (κ1) is 22.0. The Bertz CT molecular complexity index is 1250. The molecule has 0 atom stereocenters. The Morgan fingerprint density at radius 2 is 1.74 bits per heavy atom. The summed E-state index contributed by atoms with van der Waals surface area (Å²) >= 11 is 0. The van der Waals surface area contributed by atoms with Gasteiger partial charge in [-0.2, -0.15) is 5.10 Å². The van der Waals surface area contributed by atoms with Crippen LogP contribution in [0.2, 0.25) is 0 Å². The number of nitrogens with one attached hydrogen (secondary N) is 1. The highest BCUT2D eigenvalue weighted by molar-refractivity contribution is 5.94. The molecule has 1 saturated heterocycles. The Morgan fingerprint density at radius 3 is 2.50 bits per heavy atom. The van der Waals surface area contributed by atoms with Crippen LogP contribution in [0.1, 0.15) is 15.9 Å². The minimum absolute atomic E-state index is 0.250. The normalized spacial score (nSPS) is 14.4. The number of nitrogens with zero attached hydrogens (tertiary/aromatic N) is 6. The Morgan fingerprint density at radius 1 is 0.971 bits per heavy atom. The predicted octanol–water partition coefficient (Wildman–Crippen LogP) is 2.72. The maximum Gasteiger partial charge on any atom is 0.251 e. The van der Waals surface area contributed by atoms with E-state index in [-0.39, 0.29) is 11.7 Å².